The lowest BCUT2D eigenvalue weighted by molar-refractivity contribution is -0.163. The van der Waals surface area contributed by atoms with Crippen molar-refractivity contribution in [2.24, 2.45) is 0 Å². The van der Waals surface area contributed by atoms with Crippen LogP contribution in [0.5, 0.6) is 0 Å². The summed E-state index contributed by atoms with van der Waals surface area (Å²) in [6.07, 6.45) is 3.54. The quantitative estimate of drug-likeness (QED) is 0.348. The summed E-state index contributed by atoms with van der Waals surface area (Å²) in [6.45, 7) is 13.0. The van der Waals surface area contributed by atoms with E-state index in [9.17, 15) is 4.79 Å². The van der Waals surface area contributed by atoms with E-state index in [4.69, 9.17) is 37.1 Å². The summed E-state index contributed by atoms with van der Waals surface area (Å²) in [6, 6.07) is 6.06. The fourth-order valence-corrected chi connectivity index (χ4v) is 5.76. The van der Waals surface area contributed by atoms with Crippen LogP contribution in [0.4, 0.5) is 5.69 Å². The molecule has 190 valence electrons. The van der Waals surface area contributed by atoms with Crippen LogP contribution in [-0.2, 0) is 26.7 Å². The lowest BCUT2D eigenvalue weighted by atomic mass is 9.87. The Morgan fingerprint density at radius 1 is 1.14 bits per heavy atom. The van der Waals surface area contributed by atoms with E-state index in [0.29, 0.717) is 32.8 Å². The molecule has 35 heavy (non-hydrogen) atoms. The van der Waals surface area contributed by atoms with E-state index in [1.54, 1.807) is 4.90 Å². The first-order valence-electron chi connectivity index (χ1n) is 11.9. The molecule has 0 radical (unpaired) electrons. The number of aromatic nitrogens is 2. The molecule has 1 saturated heterocycles. The van der Waals surface area contributed by atoms with E-state index in [2.05, 4.69) is 56.0 Å². The fourth-order valence-electron chi connectivity index (χ4n) is 4.24. The number of carbonyl (C=O) groups excluding carboxylic acids is 1. The molecule has 10 heteroatoms. The van der Waals surface area contributed by atoms with Gasteiger partial charge in [0.15, 0.2) is 14.1 Å². The molecule has 1 fully saturated rings. The van der Waals surface area contributed by atoms with Crippen LogP contribution in [0.1, 0.15) is 48.7 Å². The number of rotatable bonds is 6. The largest absolute Gasteiger partial charge is 0.415 e. The van der Waals surface area contributed by atoms with Crippen molar-refractivity contribution >= 4 is 43.1 Å². The van der Waals surface area contributed by atoms with Gasteiger partial charge in [-0.1, -0.05) is 50.0 Å². The molecule has 1 aliphatic heterocycles. The van der Waals surface area contributed by atoms with Gasteiger partial charge in [0, 0.05) is 25.1 Å². The van der Waals surface area contributed by atoms with Crippen molar-refractivity contribution in [3.63, 3.8) is 0 Å². The summed E-state index contributed by atoms with van der Waals surface area (Å²) in [7, 11) is -1.99. The number of benzene rings is 1. The van der Waals surface area contributed by atoms with Gasteiger partial charge >= 0.3 is 0 Å². The van der Waals surface area contributed by atoms with Gasteiger partial charge in [0.25, 0.3) is 5.91 Å². The van der Waals surface area contributed by atoms with Crippen molar-refractivity contribution in [3.05, 3.63) is 51.5 Å². The minimum Gasteiger partial charge on any atom is -0.415 e. The number of aryl methyl sites for hydroxylation is 1. The van der Waals surface area contributed by atoms with Crippen LogP contribution in [0.25, 0.3) is 0 Å². The van der Waals surface area contributed by atoms with Gasteiger partial charge in [0.1, 0.15) is 22.2 Å². The number of anilines is 1. The van der Waals surface area contributed by atoms with Crippen LogP contribution in [-0.4, -0.2) is 56.3 Å². The molecular weight excluding hydrogens is 505 g/mol. The molecule has 2 aliphatic rings. The highest BCUT2D eigenvalue weighted by molar-refractivity contribution is 6.74. The van der Waals surface area contributed by atoms with Crippen LogP contribution in [0.15, 0.2) is 24.5 Å². The molecule has 2 heterocycles. The number of hydrogen-bond acceptors (Lipinski definition) is 6. The minimum absolute atomic E-state index is 0.0285. The van der Waals surface area contributed by atoms with Crippen LogP contribution < -0.4 is 4.90 Å². The van der Waals surface area contributed by atoms with Gasteiger partial charge in [-0.3, -0.25) is 4.79 Å². The summed E-state index contributed by atoms with van der Waals surface area (Å²) in [5, 5.41) is 0.120. The number of hydrogen-bond donors (Lipinski definition) is 0. The van der Waals surface area contributed by atoms with Gasteiger partial charge in [-0.2, -0.15) is 0 Å². The molecule has 0 unspecified atom stereocenters. The third-order valence-corrected chi connectivity index (χ3v) is 12.5. The van der Waals surface area contributed by atoms with Crippen molar-refractivity contribution in [1.82, 2.24) is 9.97 Å². The molecule has 0 N–H and O–H groups in total. The van der Waals surface area contributed by atoms with Gasteiger partial charge in [0.05, 0.1) is 19.8 Å². The summed E-state index contributed by atoms with van der Waals surface area (Å²) in [4.78, 5) is 23.3. The van der Waals surface area contributed by atoms with E-state index in [0.717, 1.165) is 18.5 Å². The van der Waals surface area contributed by atoms with Crippen LogP contribution in [0.3, 0.4) is 0 Å². The van der Waals surface area contributed by atoms with E-state index in [1.807, 2.05) is 6.07 Å². The van der Waals surface area contributed by atoms with Crippen LogP contribution in [0.2, 0.25) is 28.4 Å². The molecular formula is C25H33Cl2N3O4Si. The van der Waals surface area contributed by atoms with Crippen molar-refractivity contribution in [3.8, 4) is 0 Å². The molecule has 1 amide bonds. The molecule has 4 rings (SSSR count). The number of carbonyl (C=O) groups is 1. The Morgan fingerprint density at radius 3 is 2.43 bits per heavy atom. The first-order valence-corrected chi connectivity index (χ1v) is 15.6. The second-order valence-corrected chi connectivity index (χ2v) is 16.2. The van der Waals surface area contributed by atoms with E-state index in [1.165, 1.54) is 17.5 Å². The maximum absolute atomic E-state index is 13.7. The lowest BCUT2D eigenvalue weighted by Crippen LogP contribution is -2.44. The molecule has 2 aromatic rings. The van der Waals surface area contributed by atoms with Crippen LogP contribution >= 0.6 is 23.2 Å². The Balaban J connectivity index is 1.62. The number of ether oxygens (including phenoxy) is 2. The smallest absolute Gasteiger partial charge is 0.264 e. The summed E-state index contributed by atoms with van der Waals surface area (Å²) >= 11 is 12.5. The number of amides is 1. The monoisotopic (exact) mass is 537 g/mol. The van der Waals surface area contributed by atoms with Crippen molar-refractivity contribution in [1.29, 1.82) is 0 Å². The average molecular weight is 539 g/mol. The first-order chi connectivity index (χ1) is 16.4. The highest BCUT2D eigenvalue weighted by atomic mass is 35.5. The molecule has 1 spiro atoms. The fraction of sp³-hybridized carbons (Fsp3) is 0.560. The first kappa shape index (κ1) is 26.5. The highest BCUT2D eigenvalue weighted by Crippen LogP contribution is 2.38. The molecule has 0 atom stereocenters. The van der Waals surface area contributed by atoms with Gasteiger partial charge in [-0.15, -0.1) is 0 Å². The minimum atomic E-state index is -1.99. The maximum atomic E-state index is 13.7. The number of halogens is 2. The third kappa shape index (κ3) is 5.58. The normalized spacial score (nSPS) is 17.5. The van der Waals surface area contributed by atoms with Crippen molar-refractivity contribution in [2.45, 2.75) is 64.0 Å². The molecule has 0 bridgehead atoms. The van der Waals surface area contributed by atoms with Crippen molar-refractivity contribution in [2.75, 3.05) is 31.3 Å². The summed E-state index contributed by atoms with van der Waals surface area (Å²) in [5.41, 5.74) is 3.20. The average Bonchev–Trinajstić information content (AvgIpc) is 3.23. The zero-order valence-corrected chi connectivity index (χ0v) is 23.5. The second-order valence-electron chi connectivity index (χ2n) is 10.6. The third-order valence-electron chi connectivity index (χ3n) is 7.35. The lowest BCUT2D eigenvalue weighted by Gasteiger charge is -2.37. The number of nitrogens with zero attached hydrogens (tertiary/aromatic N) is 3. The Labute approximate surface area is 218 Å². The van der Waals surface area contributed by atoms with E-state index < -0.39 is 14.1 Å². The highest BCUT2D eigenvalue weighted by Gasteiger charge is 2.40. The van der Waals surface area contributed by atoms with Gasteiger partial charge < -0.3 is 18.8 Å². The molecule has 1 aromatic carbocycles. The SMILES string of the molecule is CC(C)(C)[Si](C)(C)OCCN(C(=O)c1c(Cl)ncnc1Cl)c1ccc2c(c1)CCC1(C2)OCCO1. The van der Waals surface area contributed by atoms with Gasteiger partial charge in [-0.25, -0.2) is 9.97 Å². The summed E-state index contributed by atoms with van der Waals surface area (Å²) in [5.74, 6) is -0.863. The zero-order valence-electron chi connectivity index (χ0n) is 21.0. The molecule has 0 saturated carbocycles. The second kappa shape index (κ2) is 10.1. The Kier molecular flexibility index (Phi) is 7.63. The molecule has 7 nitrogen and oxygen atoms in total. The van der Waals surface area contributed by atoms with Crippen LogP contribution in [0, 0.1) is 0 Å². The van der Waals surface area contributed by atoms with E-state index >= 15 is 0 Å². The van der Waals surface area contributed by atoms with Gasteiger partial charge in [-0.05, 0) is 47.8 Å². The summed E-state index contributed by atoms with van der Waals surface area (Å²) < 4.78 is 18.2. The zero-order chi connectivity index (χ0) is 25.4. The topological polar surface area (TPSA) is 73.8 Å². The molecule has 1 aliphatic carbocycles. The maximum Gasteiger partial charge on any atom is 0.264 e. The predicted molar refractivity (Wildman–Crippen MR) is 140 cm³/mol. The van der Waals surface area contributed by atoms with Crippen molar-refractivity contribution < 1.29 is 18.7 Å². The van der Waals surface area contributed by atoms with Gasteiger partial charge in [0.2, 0.25) is 0 Å². The Hall–Kier alpha value is -1.55. The molecule has 1 aromatic heterocycles. The Bertz CT molecular complexity index is 1080. The Morgan fingerprint density at radius 2 is 1.80 bits per heavy atom. The number of fused-ring (bicyclic) bond motifs is 1. The van der Waals surface area contributed by atoms with E-state index in [-0.39, 0.29) is 26.8 Å². The predicted octanol–water partition coefficient (Wildman–Crippen LogP) is 5.68. The standard InChI is InChI=1S/C25H33Cl2N3O4Si/c1-24(2,3)35(4,5)34-11-10-30(23(31)20-21(26)28-16-29-22(20)27)19-7-6-18-15-25(32-12-13-33-25)9-8-17(18)14-19/h6-7,14,16H,8-13,15H2,1-5H3.